The van der Waals surface area contributed by atoms with Crippen LogP contribution in [0.4, 0.5) is 0 Å². The van der Waals surface area contributed by atoms with Gasteiger partial charge in [-0.15, -0.1) is 0 Å². The molecule has 1 saturated carbocycles. The van der Waals surface area contributed by atoms with E-state index in [0.29, 0.717) is 11.5 Å². The molecule has 2 rings (SSSR count). The van der Waals surface area contributed by atoms with Gasteiger partial charge in [0.1, 0.15) is 0 Å². The summed E-state index contributed by atoms with van der Waals surface area (Å²) in [7, 11) is 2.07. The summed E-state index contributed by atoms with van der Waals surface area (Å²) in [4.78, 5) is 0. The molecule has 0 aliphatic heterocycles. The van der Waals surface area contributed by atoms with E-state index < -0.39 is 0 Å². The van der Waals surface area contributed by atoms with Crippen molar-refractivity contribution in [3.8, 4) is 0 Å². The number of aryl methyl sites for hydroxylation is 1. The number of nitrogens with one attached hydrogen (secondary N) is 1. The summed E-state index contributed by atoms with van der Waals surface area (Å²) in [6.07, 6.45) is 1.27. The Hall–Kier alpha value is -0.820. The van der Waals surface area contributed by atoms with Crippen molar-refractivity contribution in [1.29, 1.82) is 0 Å². The molecule has 1 aromatic carbocycles. The van der Waals surface area contributed by atoms with Crippen LogP contribution >= 0.6 is 0 Å². The summed E-state index contributed by atoms with van der Waals surface area (Å²) < 4.78 is 0. The van der Waals surface area contributed by atoms with E-state index in [2.05, 4.69) is 57.4 Å². The highest BCUT2D eigenvalue weighted by molar-refractivity contribution is 5.34. The molecule has 0 amide bonds. The number of rotatable bonds is 2. The van der Waals surface area contributed by atoms with Crippen LogP contribution in [0, 0.1) is 12.3 Å². The van der Waals surface area contributed by atoms with Crippen molar-refractivity contribution in [3.63, 3.8) is 0 Å². The van der Waals surface area contributed by atoms with Crippen molar-refractivity contribution < 1.29 is 0 Å². The second-order valence-corrected chi connectivity index (χ2v) is 5.31. The molecule has 0 heterocycles. The van der Waals surface area contributed by atoms with Gasteiger partial charge in [-0.05, 0) is 42.9 Å². The van der Waals surface area contributed by atoms with E-state index in [1.165, 1.54) is 17.5 Å². The summed E-state index contributed by atoms with van der Waals surface area (Å²) in [5.74, 6) is 0.719. The van der Waals surface area contributed by atoms with Crippen molar-refractivity contribution in [2.75, 3.05) is 7.05 Å². The Kier molecular flexibility index (Phi) is 2.59. The minimum atomic E-state index is 0.390. The van der Waals surface area contributed by atoms with Crippen LogP contribution in [0.15, 0.2) is 24.3 Å². The van der Waals surface area contributed by atoms with Crippen molar-refractivity contribution >= 4 is 0 Å². The van der Waals surface area contributed by atoms with Gasteiger partial charge < -0.3 is 5.32 Å². The lowest BCUT2D eigenvalue weighted by atomic mass is 9.56. The molecule has 15 heavy (non-hydrogen) atoms. The molecule has 0 aromatic heterocycles. The molecular weight excluding hydrogens is 182 g/mol. The fraction of sp³-hybridized carbons (Fsp3) is 0.571. The van der Waals surface area contributed by atoms with Crippen LogP contribution in [0.5, 0.6) is 0 Å². The summed E-state index contributed by atoms with van der Waals surface area (Å²) >= 11 is 0. The SMILES string of the molecule is CNC1CC(c2ccccc2C)C1(C)C. The van der Waals surface area contributed by atoms with Crippen molar-refractivity contribution in [3.05, 3.63) is 35.4 Å². The van der Waals surface area contributed by atoms with E-state index in [1.54, 1.807) is 0 Å². The first kappa shape index (κ1) is 10.7. The maximum absolute atomic E-state index is 3.41. The third kappa shape index (κ3) is 1.59. The third-order valence-electron chi connectivity index (χ3n) is 4.18. The van der Waals surface area contributed by atoms with Gasteiger partial charge in [-0.3, -0.25) is 0 Å². The number of benzene rings is 1. The molecule has 82 valence electrons. The molecule has 1 fully saturated rings. The Morgan fingerprint density at radius 2 is 1.93 bits per heavy atom. The molecule has 1 aliphatic rings. The van der Waals surface area contributed by atoms with Gasteiger partial charge in [0.15, 0.2) is 0 Å². The zero-order valence-electron chi connectivity index (χ0n) is 10.2. The van der Waals surface area contributed by atoms with E-state index in [-0.39, 0.29) is 0 Å². The highest BCUT2D eigenvalue weighted by Gasteiger charge is 2.48. The second kappa shape index (κ2) is 3.64. The molecule has 2 unspecified atom stereocenters. The van der Waals surface area contributed by atoms with E-state index in [1.807, 2.05) is 0 Å². The zero-order valence-corrected chi connectivity index (χ0v) is 10.2. The molecule has 0 spiro atoms. The van der Waals surface area contributed by atoms with Crippen molar-refractivity contribution in [2.45, 2.75) is 39.2 Å². The van der Waals surface area contributed by atoms with Crippen LogP contribution in [0.25, 0.3) is 0 Å². The molecular formula is C14H21N. The standard InChI is InChI=1S/C14H21N/c1-10-7-5-6-8-11(10)12-9-13(15-4)14(12,2)3/h5-8,12-13,15H,9H2,1-4H3. The lowest BCUT2D eigenvalue weighted by Crippen LogP contribution is -2.54. The average molecular weight is 203 g/mol. The number of hydrogen-bond acceptors (Lipinski definition) is 1. The quantitative estimate of drug-likeness (QED) is 0.779. The van der Waals surface area contributed by atoms with Crippen LogP contribution in [0.2, 0.25) is 0 Å². The van der Waals surface area contributed by atoms with Crippen LogP contribution in [-0.2, 0) is 0 Å². The first-order valence-corrected chi connectivity index (χ1v) is 5.80. The maximum atomic E-state index is 3.41. The van der Waals surface area contributed by atoms with Crippen LogP contribution in [0.3, 0.4) is 0 Å². The Bertz CT molecular complexity index is 354. The van der Waals surface area contributed by atoms with E-state index in [0.717, 1.165) is 5.92 Å². The average Bonchev–Trinajstić information content (AvgIpc) is 2.20. The van der Waals surface area contributed by atoms with Gasteiger partial charge in [-0.25, -0.2) is 0 Å². The Balaban J connectivity index is 2.25. The highest BCUT2D eigenvalue weighted by atomic mass is 14.9. The Labute approximate surface area is 92.9 Å². The van der Waals surface area contributed by atoms with E-state index in [4.69, 9.17) is 0 Å². The predicted octanol–water partition coefficient (Wildman–Crippen LogP) is 3.10. The first-order valence-electron chi connectivity index (χ1n) is 5.80. The molecule has 0 radical (unpaired) electrons. The predicted molar refractivity (Wildman–Crippen MR) is 65.2 cm³/mol. The van der Waals surface area contributed by atoms with Crippen molar-refractivity contribution in [2.24, 2.45) is 5.41 Å². The molecule has 1 aromatic rings. The smallest absolute Gasteiger partial charge is 0.0127 e. The second-order valence-electron chi connectivity index (χ2n) is 5.31. The molecule has 1 aliphatic carbocycles. The Morgan fingerprint density at radius 3 is 2.47 bits per heavy atom. The fourth-order valence-corrected chi connectivity index (χ4v) is 2.92. The van der Waals surface area contributed by atoms with E-state index >= 15 is 0 Å². The third-order valence-corrected chi connectivity index (χ3v) is 4.18. The number of hydrogen-bond donors (Lipinski definition) is 1. The van der Waals surface area contributed by atoms with E-state index in [9.17, 15) is 0 Å². The molecule has 1 N–H and O–H groups in total. The zero-order chi connectivity index (χ0) is 11.1. The van der Waals surface area contributed by atoms with Gasteiger partial charge in [-0.2, -0.15) is 0 Å². The van der Waals surface area contributed by atoms with Gasteiger partial charge in [0.2, 0.25) is 0 Å². The minimum absolute atomic E-state index is 0.390. The molecule has 2 atom stereocenters. The van der Waals surface area contributed by atoms with Gasteiger partial charge in [0.05, 0.1) is 0 Å². The highest BCUT2D eigenvalue weighted by Crippen LogP contribution is 2.52. The molecule has 0 bridgehead atoms. The molecule has 0 saturated heterocycles. The Morgan fingerprint density at radius 1 is 1.27 bits per heavy atom. The minimum Gasteiger partial charge on any atom is -0.316 e. The van der Waals surface area contributed by atoms with Crippen LogP contribution in [-0.4, -0.2) is 13.1 Å². The first-order chi connectivity index (χ1) is 7.07. The lowest BCUT2D eigenvalue weighted by Gasteiger charge is -2.53. The van der Waals surface area contributed by atoms with Gasteiger partial charge in [-0.1, -0.05) is 38.1 Å². The summed E-state index contributed by atoms with van der Waals surface area (Å²) in [6, 6.07) is 9.46. The fourth-order valence-electron chi connectivity index (χ4n) is 2.92. The van der Waals surface area contributed by atoms with Gasteiger partial charge in [0, 0.05) is 6.04 Å². The van der Waals surface area contributed by atoms with Crippen LogP contribution < -0.4 is 5.32 Å². The summed E-state index contributed by atoms with van der Waals surface area (Å²) in [5.41, 5.74) is 3.36. The van der Waals surface area contributed by atoms with Crippen LogP contribution in [0.1, 0.15) is 37.3 Å². The topological polar surface area (TPSA) is 12.0 Å². The summed E-state index contributed by atoms with van der Waals surface area (Å²) in [6.45, 7) is 6.96. The summed E-state index contributed by atoms with van der Waals surface area (Å²) in [5, 5.41) is 3.41. The maximum Gasteiger partial charge on any atom is 0.0127 e. The lowest BCUT2D eigenvalue weighted by molar-refractivity contribution is 0.0747. The van der Waals surface area contributed by atoms with Crippen molar-refractivity contribution in [1.82, 2.24) is 5.32 Å². The van der Waals surface area contributed by atoms with Gasteiger partial charge >= 0.3 is 0 Å². The molecule has 1 heteroatoms. The monoisotopic (exact) mass is 203 g/mol. The normalized spacial score (nSPS) is 28.5. The molecule has 1 nitrogen and oxygen atoms in total. The van der Waals surface area contributed by atoms with Gasteiger partial charge in [0.25, 0.3) is 0 Å². The largest absolute Gasteiger partial charge is 0.316 e.